The quantitative estimate of drug-likeness (QED) is 0.881. The van der Waals surface area contributed by atoms with E-state index in [0.29, 0.717) is 17.4 Å². The highest BCUT2D eigenvalue weighted by Crippen LogP contribution is 2.43. The maximum Gasteiger partial charge on any atom is 0.225 e. The van der Waals surface area contributed by atoms with E-state index in [1.807, 2.05) is 30.3 Å². The van der Waals surface area contributed by atoms with Gasteiger partial charge in [0.1, 0.15) is 6.04 Å². The minimum absolute atomic E-state index is 0.0000169. The number of nitriles is 1. The van der Waals surface area contributed by atoms with Crippen molar-refractivity contribution in [1.82, 2.24) is 15.1 Å². The lowest BCUT2D eigenvalue weighted by Gasteiger charge is -2.19. The van der Waals surface area contributed by atoms with Gasteiger partial charge in [0.2, 0.25) is 5.91 Å². The molecule has 2 aromatic rings. The number of aromatic nitrogens is 2. The van der Waals surface area contributed by atoms with Crippen molar-refractivity contribution in [3.05, 3.63) is 60.4 Å². The van der Waals surface area contributed by atoms with Gasteiger partial charge in [-0.2, -0.15) is 10.4 Å². The number of hydrogen-bond acceptors (Lipinski definition) is 3. The second-order valence-corrected chi connectivity index (χ2v) is 6.51. The molecule has 1 fully saturated rings. The first-order valence-corrected chi connectivity index (χ1v) is 8.23. The molecule has 2 aliphatic carbocycles. The number of para-hydroxylation sites is 1. The summed E-state index contributed by atoms with van der Waals surface area (Å²) in [4.78, 5) is 12.5. The monoisotopic (exact) mass is 318 g/mol. The van der Waals surface area contributed by atoms with E-state index >= 15 is 0 Å². The fourth-order valence-electron chi connectivity index (χ4n) is 3.73. The minimum Gasteiger partial charge on any atom is -0.336 e. The Labute approximate surface area is 140 Å². The van der Waals surface area contributed by atoms with Gasteiger partial charge < -0.3 is 5.32 Å². The van der Waals surface area contributed by atoms with Crippen molar-refractivity contribution in [3.63, 3.8) is 0 Å². The van der Waals surface area contributed by atoms with Gasteiger partial charge in [-0.3, -0.25) is 4.79 Å². The zero-order valence-corrected chi connectivity index (χ0v) is 13.2. The third-order valence-electron chi connectivity index (χ3n) is 4.99. The number of benzene rings is 1. The molecule has 0 radical (unpaired) electrons. The predicted molar refractivity (Wildman–Crippen MR) is 88.9 cm³/mol. The molecule has 5 nitrogen and oxygen atoms in total. The number of amides is 1. The summed E-state index contributed by atoms with van der Waals surface area (Å²) in [6.07, 6.45) is 9.76. The summed E-state index contributed by atoms with van der Waals surface area (Å²) in [5, 5.41) is 16.7. The van der Waals surface area contributed by atoms with Crippen LogP contribution in [0, 0.1) is 29.1 Å². The Hall–Kier alpha value is -2.87. The van der Waals surface area contributed by atoms with Crippen LogP contribution in [0.3, 0.4) is 0 Å². The second kappa shape index (κ2) is 5.97. The van der Waals surface area contributed by atoms with Crippen molar-refractivity contribution in [2.75, 3.05) is 0 Å². The van der Waals surface area contributed by atoms with Gasteiger partial charge in [-0.1, -0.05) is 30.4 Å². The molecule has 2 aliphatic rings. The molecule has 1 amide bonds. The molecule has 1 heterocycles. The normalized spacial score (nSPS) is 25.4. The highest BCUT2D eigenvalue weighted by atomic mass is 16.2. The standard InChI is InChI=1S/C19H18N4O/c20-10-18(22-19(24)17-9-13-6-7-14(17)8-13)15-11-21-23(12-15)16-4-2-1-3-5-16/h1-7,11-14,17-18H,8-9H2,(H,22,24)/t13-,14-,17-,18-/m0/s1. The number of hydrogen-bond donors (Lipinski definition) is 1. The Kier molecular flexibility index (Phi) is 3.66. The maximum absolute atomic E-state index is 12.5. The molecule has 2 bridgehead atoms. The van der Waals surface area contributed by atoms with Crippen LogP contribution in [-0.2, 0) is 4.79 Å². The lowest BCUT2D eigenvalue weighted by atomic mass is 9.92. The van der Waals surface area contributed by atoms with Crippen molar-refractivity contribution in [2.45, 2.75) is 18.9 Å². The molecule has 0 saturated heterocycles. The van der Waals surface area contributed by atoms with Gasteiger partial charge in [0.25, 0.3) is 0 Å². The second-order valence-electron chi connectivity index (χ2n) is 6.51. The summed E-state index contributed by atoms with van der Waals surface area (Å²) in [5.41, 5.74) is 1.62. The highest BCUT2D eigenvalue weighted by Gasteiger charge is 2.40. The third kappa shape index (κ3) is 2.61. The van der Waals surface area contributed by atoms with Crippen molar-refractivity contribution < 1.29 is 4.79 Å². The third-order valence-corrected chi connectivity index (χ3v) is 4.99. The maximum atomic E-state index is 12.5. The molecule has 0 unspecified atom stereocenters. The molecule has 0 aliphatic heterocycles. The molecule has 4 atom stereocenters. The summed E-state index contributed by atoms with van der Waals surface area (Å²) in [6.45, 7) is 0. The molecular weight excluding hydrogens is 300 g/mol. The van der Waals surface area contributed by atoms with E-state index in [1.165, 1.54) is 0 Å². The summed E-state index contributed by atoms with van der Waals surface area (Å²) >= 11 is 0. The first-order chi connectivity index (χ1) is 11.7. The summed E-state index contributed by atoms with van der Waals surface area (Å²) in [5.74, 6) is 0.847. The molecular formula is C19H18N4O. The number of carbonyl (C=O) groups excluding carboxylic acids is 1. The molecule has 1 saturated carbocycles. The van der Waals surface area contributed by atoms with Gasteiger partial charge in [-0.25, -0.2) is 4.68 Å². The van der Waals surface area contributed by atoms with Crippen LogP contribution in [-0.4, -0.2) is 15.7 Å². The lowest BCUT2D eigenvalue weighted by Crippen LogP contribution is -2.35. The Morgan fingerprint density at radius 2 is 2.12 bits per heavy atom. The molecule has 5 heteroatoms. The van der Waals surface area contributed by atoms with E-state index in [1.54, 1.807) is 17.1 Å². The van der Waals surface area contributed by atoms with E-state index < -0.39 is 6.04 Å². The molecule has 24 heavy (non-hydrogen) atoms. The molecule has 4 rings (SSSR count). The number of allylic oxidation sites excluding steroid dienone is 2. The lowest BCUT2D eigenvalue weighted by molar-refractivity contribution is -0.126. The van der Waals surface area contributed by atoms with Gasteiger partial charge >= 0.3 is 0 Å². The largest absolute Gasteiger partial charge is 0.336 e. The van der Waals surface area contributed by atoms with Gasteiger partial charge in [0, 0.05) is 17.7 Å². The summed E-state index contributed by atoms with van der Waals surface area (Å²) < 4.78 is 1.71. The fraction of sp³-hybridized carbons (Fsp3) is 0.316. The molecule has 1 aromatic carbocycles. The Bertz CT molecular complexity index is 817. The first kappa shape index (κ1) is 14.7. The van der Waals surface area contributed by atoms with Gasteiger partial charge in [-0.15, -0.1) is 0 Å². The smallest absolute Gasteiger partial charge is 0.225 e. The molecule has 1 N–H and O–H groups in total. The van der Waals surface area contributed by atoms with Crippen LogP contribution in [0.5, 0.6) is 0 Å². The topological polar surface area (TPSA) is 70.7 Å². The van der Waals surface area contributed by atoms with Crippen molar-refractivity contribution >= 4 is 5.91 Å². The van der Waals surface area contributed by atoms with E-state index in [9.17, 15) is 10.1 Å². The zero-order chi connectivity index (χ0) is 16.5. The van der Waals surface area contributed by atoms with Crippen LogP contribution in [0.4, 0.5) is 0 Å². The highest BCUT2D eigenvalue weighted by molar-refractivity contribution is 5.80. The predicted octanol–water partition coefficient (Wildman–Crippen LogP) is 2.77. The van der Waals surface area contributed by atoms with Crippen LogP contribution in [0.1, 0.15) is 24.4 Å². The van der Waals surface area contributed by atoms with Crippen LogP contribution in [0.25, 0.3) is 5.69 Å². The Morgan fingerprint density at radius 1 is 1.29 bits per heavy atom. The number of rotatable bonds is 4. The van der Waals surface area contributed by atoms with Crippen LogP contribution < -0.4 is 5.32 Å². The van der Waals surface area contributed by atoms with Gasteiger partial charge in [-0.05, 0) is 36.8 Å². The van der Waals surface area contributed by atoms with Crippen LogP contribution in [0.2, 0.25) is 0 Å². The van der Waals surface area contributed by atoms with Crippen molar-refractivity contribution in [1.29, 1.82) is 5.26 Å². The summed E-state index contributed by atoms with van der Waals surface area (Å²) in [7, 11) is 0. The van der Waals surface area contributed by atoms with E-state index in [0.717, 1.165) is 18.5 Å². The fourth-order valence-corrected chi connectivity index (χ4v) is 3.73. The van der Waals surface area contributed by atoms with Gasteiger partial charge in [0.05, 0.1) is 18.0 Å². The minimum atomic E-state index is -0.668. The van der Waals surface area contributed by atoms with Crippen LogP contribution >= 0.6 is 0 Å². The average Bonchev–Trinajstić information content (AvgIpc) is 3.36. The number of fused-ring (bicyclic) bond motifs is 2. The molecule has 120 valence electrons. The average molecular weight is 318 g/mol. The number of carbonyl (C=O) groups is 1. The van der Waals surface area contributed by atoms with Gasteiger partial charge in [0.15, 0.2) is 0 Å². The van der Waals surface area contributed by atoms with E-state index in [4.69, 9.17) is 0 Å². The van der Waals surface area contributed by atoms with Crippen molar-refractivity contribution in [2.24, 2.45) is 17.8 Å². The zero-order valence-electron chi connectivity index (χ0n) is 13.2. The first-order valence-electron chi connectivity index (χ1n) is 8.23. The number of nitrogens with zero attached hydrogens (tertiary/aromatic N) is 3. The van der Waals surface area contributed by atoms with E-state index in [-0.39, 0.29) is 11.8 Å². The molecule has 1 aromatic heterocycles. The van der Waals surface area contributed by atoms with Crippen molar-refractivity contribution in [3.8, 4) is 11.8 Å². The van der Waals surface area contributed by atoms with E-state index in [2.05, 4.69) is 28.6 Å². The Morgan fingerprint density at radius 3 is 2.79 bits per heavy atom. The SMILES string of the molecule is N#C[C@H](NC(=O)[C@H]1C[C@H]2C=C[C@H]1C2)c1cnn(-c2ccccc2)c1. The molecule has 0 spiro atoms. The van der Waals surface area contributed by atoms with Crippen LogP contribution in [0.15, 0.2) is 54.9 Å². The summed E-state index contributed by atoms with van der Waals surface area (Å²) in [6, 6.07) is 11.2. The Balaban J connectivity index is 1.48. The number of nitrogens with one attached hydrogen (secondary N) is 1.